The molecule has 1 aromatic heterocycles. The van der Waals surface area contributed by atoms with Gasteiger partial charge in [0.15, 0.2) is 0 Å². The highest BCUT2D eigenvalue weighted by Gasteiger charge is 1.81. The smallest absolute Gasteiger partial charge is 0.249 e. The van der Waals surface area contributed by atoms with Crippen LogP contribution in [0, 0.1) is 0 Å². The summed E-state index contributed by atoms with van der Waals surface area (Å²) in [6, 6.07) is 3.13. The first-order valence-corrected chi connectivity index (χ1v) is 2.61. The van der Waals surface area contributed by atoms with E-state index in [0.717, 1.165) is 0 Å². The van der Waals surface area contributed by atoms with Gasteiger partial charge in [0.05, 0.1) is 0 Å². The Kier molecular flexibility index (Phi) is 1.39. The van der Waals surface area contributed by atoms with E-state index in [4.69, 9.17) is 0 Å². The van der Waals surface area contributed by atoms with Crippen molar-refractivity contribution in [3.05, 3.63) is 28.7 Å². The molecule has 0 saturated carbocycles. The molecule has 0 aromatic carbocycles. The summed E-state index contributed by atoms with van der Waals surface area (Å²) in [7, 11) is 0. The number of nitrogens with one attached hydrogen (secondary N) is 1. The minimum Gasteiger partial charge on any atom is -0.329 e. The average molecular weight is 127 g/mol. The third-order valence-electron chi connectivity index (χ3n) is 0.759. The number of aromatic amines is 1. The van der Waals surface area contributed by atoms with E-state index in [1.165, 1.54) is 6.07 Å². The monoisotopic (exact) mass is 127 g/mol. The number of thiol groups is 1. The van der Waals surface area contributed by atoms with E-state index >= 15 is 0 Å². The van der Waals surface area contributed by atoms with Gasteiger partial charge in [0.2, 0.25) is 5.56 Å². The largest absolute Gasteiger partial charge is 0.329 e. The summed E-state index contributed by atoms with van der Waals surface area (Å²) < 4.78 is 0. The quantitative estimate of drug-likeness (QED) is 0.493. The molecule has 1 heterocycles. The fourth-order valence-electron chi connectivity index (χ4n) is 0.433. The summed E-state index contributed by atoms with van der Waals surface area (Å²) >= 11 is 3.93. The van der Waals surface area contributed by atoms with E-state index in [9.17, 15) is 4.79 Å². The molecule has 0 bridgehead atoms. The van der Waals surface area contributed by atoms with E-state index in [1.54, 1.807) is 12.3 Å². The van der Waals surface area contributed by atoms with Crippen LogP contribution in [0.1, 0.15) is 0 Å². The van der Waals surface area contributed by atoms with Crippen LogP contribution in [0.3, 0.4) is 0 Å². The van der Waals surface area contributed by atoms with Crippen molar-refractivity contribution in [1.82, 2.24) is 4.98 Å². The van der Waals surface area contributed by atoms with Crippen molar-refractivity contribution in [3.8, 4) is 0 Å². The fourth-order valence-corrected chi connectivity index (χ4v) is 0.625. The molecular weight excluding hydrogens is 122 g/mol. The van der Waals surface area contributed by atoms with Crippen LogP contribution in [0.2, 0.25) is 0 Å². The number of hydrogen-bond acceptors (Lipinski definition) is 2. The van der Waals surface area contributed by atoms with Crippen molar-refractivity contribution in [2.45, 2.75) is 4.90 Å². The molecule has 1 aromatic rings. The van der Waals surface area contributed by atoms with Crippen LogP contribution in [0.25, 0.3) is 0 Å². The van der Waals surface area contributed by atoms with Crippen molar-refractivity contribution in [1.29, 1.82) is 0 Å². The van der Waals surface area contributed by atoms with Gasteiger partial charge < -0.3 is 4.98 Å². The summed E-state index contributed by atoms with van der Waals surface area (Å²) in [5.74, 6) is 0. The molecule has 1 rings (SSSR count). The van der Waals surface area contributed by atoms with Gasteiger partial charge in [-0.15, -0.1) is 12.6 Å². The Balaban J connectivity index is 3.28. The van der Waals surface area contributed by atoms with Crippen molar-refractivity contribution in [3.63, 3.8) is 0 Å². The molecule has 8 heavy (non-hydrogen) atoms. The maximum atomic E-state index is 10.4. The van der Waals surface area contributed by atoms with E-state index in [-0.39, 0.29) is 5.56 Å². The predicted octanol–water partition coefficient (Wildman–Crippen LogP) is 0.664. The molecule has 0 radical (unpaired) electrons. The maximum absolute atomic E-state index is 10.4. The highest BCUT2D eigenvalue weighted by Crippen LogP contribution is 1.95. The highest BCUT2D eigenvalue weighted by molar-refractivity contribution is 7.80. The van der Waals surface area contributed by atoms with Crippen LogP contribution in [-0.2, 0) is 0 Å². The second-order valence-corrected chi connectivity index (χ2v) is 1.93. The minimum atomic E-state index is -0.113. The van der Waals surface area contributed by atoms with Gasteiger partial charge in [0.25, 0.3) is 0 Å². The molecule has 0 aliphatic heterocycles. The van der Waals surface area contributed by atoms with Gasteiger partial charge in [-0.2, -0.15) is 0 Å². The van der Waals surface area contributed by atoms with Crippen molar-refractivity contribution in [2.75, 3.05) is 0 Å². The Bertz CT molecular complexity index is 230. The van der Waals surface area contributed by atoms with Gasteiger partial charge in [0.1, 0.15) is 0 Å². The fraction of sp³-hybridized carbons (Fsp3) is 0. The number of rotatable bonds is 0. The molecule has 0 unspecified atom stereocenters. The first kappa shape index (κ1) is 5.44. The van der Waals surface area contributed by atoms with Gasteiger partial charge >= 0.3 is 0 Å². The number of aromatic nitrogens is 1. The van der Waals surface area contributed by atoms with Crippen molar-refractivity contribution >= 4 is 12.6 Å². The SMILES string of the molecule is O=c1cc(S)cc[nH]1. The normalized spacial score (nSPS) is 9.12. The second kappa shape index (κ2) is 2.05. The Morgan fingerprint density at radius 1 is 1.62 bits per heavy atom. The summed E-state index contributed by atoms with van der Waals surface area (Å²) in [6.07, 6.45) is 1.56. The van der Waals surface area contributed by atoms with Gasteiger partial charge in [-0.05, 0) is 6.07 Å². The second-order valence-electron chi connectivity index (χ2n) is 1.41. The van der Waals surface area contributed by atoms with E-state index in [2.05, 4.69) is 17.6 Å². The van der Waals surface area contributed by atoms with Crippen LogP contribution in [-0.4, -0.2) is 4.98 Å². The zero-order valence-corrected chi connectivity index (χ0v) is 4.98. The third-order valence-corrected chi connectivity index (χ3v) is 1.04. The van der Waals surface area contributed by atoms with E-state index in [1.807, 2.05) is 0 Å². The Labute approximate surface area is 52.0 Å². The lowest BCUT2D eigenvalue weighted by Crippen LogP contribution is -2.00. The zero-order valence-electron chi connectivity index (χ0n) is 4.09. The minimum absolute atomic E-state index is 0.113. The molecule has 1 N–H and O–H groups in total. The van der Waals surface area contributed by atoms with Crippen LogP contribution in [0.5, 0.6) is 0 Å². The molecule has 42 valence electrons. The summed E-state index contributed by atoms with van der Waals surface area (Å²) in [5.41, 5.74) is -0.113. The number of pyridine rings is 1. The van der Waals surface area contributed by atoms with Crippen LogP contribution >= 0.6 is 12.6 Å². The van der Waals surface area contributed by atoms with E-state index in [0.29, 0.717) is 4.90 Å². The molecular formula is C5H5NOS. The molecule has 3 heteroatoms. The molecule has 0 spiro atoms. The molecule has 0 saturated heterocycles. The predicted molar refractivity (Wildman–Crippen MR) is 34.3 cm³/mol. The highest BCUT2D eigenvalue weighted by atomic mass is 32.1. The molecule has 0 atom stereocenters. The molecule has 0 aliphatic carbocycles. The maximum Gasteiger partial charge on any atom is 0.249 e. The first-order valence-electron chi connectivity index (χ1n) is 2.17. The Morgan fingerprint density at radius 3 is 2.75 bits per heavy atom. The topological polar surface area (TPSA) is 32.9 Å². The lowest BCUT2D eigenvalue weighted by Gasteiger charge is -1.82. The lowest BCUT2D eigenvalue weighted by atomic mass is 10.5. The Morgan fingerprint density at radius 2 is 2.38 bits per heavy atom. The van der Waals surface area contributed by atoms with Crippen molar-refractivity contribution < 1.29 is 0 Å². The Hall–Kier alpha value is -0.700. The average Bonchev–Trinajstić information content (AvgIpc) is 1.64. The van der Waals surface area contributed by atoms with Crippen molar-refractivity contribution in [2.24, 2.45) is 0 Å². The standard InChI is InChI=1S/C5H5NOS/c7-5-3-4(8)1-2-6-5/h1-3H,(H2,6,7,8). The van der Waals surface area contributed by atoms with Gasteiger partial charge in [-0.25, -0.2) is 0 Å². The first-order chi connectivity index (χ1) is 3.79. The summed E-state index contributed by atoms with van der Waals surface area (Å²) in [4.78, 5) is 13.5. The third kappa shape index (κ3) is 1.13. The molecule has 0 amide bonds. The number of hydrogen-bond donors (Lipinski definition) is 2. The van der Waals surface area contributed by atoms with Crippen LogP contribution < -0.4 is 5.56 Å². The van der Waals surface area contributed by atoms with Gasteiger partial charge in [-0.3, -0.25) is 4.79 Å². The zero-order chi connectivity index (χ0) is 5.98. The number of H-pyrrole nitrogens is 1. The van der Waals surface area contributed by atoms with Gasteiger partial charge in [0, 0.05) is 17.2 Å². The summed E-state index contributed by atoms with van der Waals surface area (Å²) in [6.45, 7) is 0. The molecule has 0 aliphatic rings. The molecule has 2 nitrogen and oxygen atoms in total. The summed E-state index contributed by atoms with van der Waals surface area (Å²) in [5, 5.41) is 0. The molecule has 0 fully saturated rings. The van der Waals surface area contributed by atoms with Crippen LogP contribution in [0.4, 0.5) is 0 Å². The van der Waals surface area contributed by atoms with Gasteiger partial charge in [-0.1, -0.05) is 0 Å². The van der Waals surface area contributed by atoms with Crippen LogP contribution in [0.15, 0.2) is 28.0 Å². The lowest BCUT2D eigenvalue weighted by molar-refractivity contribution is 1.19. The van der Waals surface area contributed by atoms with E-state index < -0.39 is 0 Å².